The summed E-state index contributed by atoms with van der Waals surface area (Å²) in [6.45, 7) is 0. The molecule has 2 heterocycles. The highest BCUT2D eigenvalue weighted by Gasteiger charge is 2.05. The van der Waals surface area contributed by atoms with Crippen molar-refractivity contribution in [3.63, 3.8) is 0 Å². The lowest BCUT2D eigenvalue weighted by atomic mass is 10.3. The monoisotopic (exact) mass is 402 g/mol. The van der Waals surface area contributed by atoms with Crippen LogP contribution in [0.2, 0.25) is 0 Å². The summed E-state index contributed by atoms with van der Waals surface area (Å²) in [5.41, 5.74) is 1.28. The van der Waals surface area contributed by atoms with Gasteiger partial charge in [-0.25, -0.2) is 9.78 Å². The maximum absolute atomic E-state index is 12.1. The average molecular weight is 402 g/mol. The molecule has 4 rings (SSSR count). The molecule has 0 unspecified atom stereocenters. The number of ether oxygens (including phenoxy) is 2. The van der Waals surface area contributed by atoms with Crippen LogP contribution in [0, 0.1) is 0 Å². The first-order valence-corrected chi connectivity index (χ1v) is 9.02. The lowest BCUT2D eigenvalue weighted by Crippen LogP contribution is -2.19. The Kier molecular flexibility index (Phi) is 5.52. The number of benzene rings is 2. The number of aromatic nitrogens is 4. The Morgan fingerprint density at radius 3 is 2.07 bits per heavy atom. The first-order chi connectivity index (χ1) is 14.7. The number of methoxy groups -OCH3 is 1. The van der Waals surface area contributed by atoms with E-state index in [0.29, 0.717) is 28.8 Å². The summed E-state index contributed by atoms with van der Waals surface area (Å²) in [6, 6.07) is 17.1. The normalized spacial score (nSPS) is 10.3. The first kappa shape index (κ1) is 18.9. The SMILES string of the molecule is COc1ccc(NC(=O)Nc2ccc(Oc3ccc(-n4ccnc4)nn3)cc2)cc1. The number of urea groups is 1. The summed E-state index contributed by atoms with van der Waals surface area (Å²) < 4.78 is 12.5. The molecule has 0 aliphatic carbocycles. The lowest BCUT2D eigenvalue weighted by molar-refractivity contribution is 0.262. The molecule has 30 heavy (non-hydrogen) atoms. The molecule has 0 fully saturated rings. The molecule has 0 atom stereocenters. The molecule has 0 spiro atoms. The van der Waals surface area contributed by atoms with Crippen LogP contribution >= 0.6 is 0 Å². The van der Waals surface area contributed by atoms with Crippen LogP contribution in [0.15, 0.2) is 79.4 Å². The van der Waals surface area contributed by atoms with Gasteiger partial charge in [-0.3, -0.25) is 4.57 Å². The molecule has 2 aromatic carbocycles. The third-order valence-electron chi connectivity index (χ3n) is 4.08. The fraction of sp³-hybridized carbons (Fsp3) is 0.0476. The smallest absolute Gasteiger partial charge is 0.323 e. The molecule has 0 saturated heterocycles. The Hall–Kier alpha value is -4.40. The second-order valence-electron chi connectivity index (χ2n) is 6.13. The lowest BCUT2D eigenvalue weighted by Gasteiger charge is -2.09. The maximum atomic E-state index is 12.1. The largest absolute Gasteiger partial charge is 0.497 e. The van der Waals surface area contributed by atoms with Gasteiger partial charge >= 0.3 is 6.03 Å². The number of carbonyl (C=O) groups is 1. The predicted molar refractivity (Wildman–Crippen MR) is 111 cm³/mol. The standard InChI is InChI=1S/C21H18N6O3/c1-29-17-6-2-15(3-7-17)23-21(28)24-16-4-8-18(9-5-16)30-20-11-10-19(25-26-20)27-13-12-22-14-27/h2-14H,1H3,(H2,23,24,28). The first-order valence-electron chi connectivity index (χ1n) is 9.02. The highest BCUT2D eigenvalue weighted by atomic mass is 16.5. The maximum Gasteiger partial charge on any atom is 0.323 e. The van der Waals surface area contributed by atoms with Gasteiger partial charge in [0.1, 0.15) is 17.8 Å². The number of rotatable bonds is 6. The van der Waals surface area contributed by atoms with Crippen LogP contribution in [0.1, 0.15) is 0 Å². The van der Waals surface area contributed by atoms with Gasteiger partial charge in [-0.15, -0.1) is 10.2 Å². The van der Waals surface area contributed by atoms with Crippen molar-refractivity contribution >= 4 is 17.4 Å². The van der Waals surface area contributed by atoms with Crippen molar-refractivity contribution in [3.05, 3.63) is 79.4 Å². The van der Waals surface area contributed by atoms with E-state index in [1.165, 1.54) is 0 Å². The van der Waals surface area contributed by atoms with E-state index < -0.39 is 0 Å². The molecule has 2 N–H and O–H groups in total. The molecule has 0 bridgehead atoms. The molecule has 2 aromatic heterocycles. The summed E-state index contributed by atoms with van der Waals surface area (Å²) in [5.74, 6) is 2.29. The van der Waals surface area contributed by atoms with Crippen molar-refractivity contribution in [1.29, 1.82) is 0 Å². The Balaban J connectivity index is 1.32. The van der Waals surface area contributed by atoms with Gasteiger partial charge in [0, 0.05) is 29.8 Å². The Bertz CT molecular complexity index is 1100. The van der Waals surface area contributed by atoms with Crippen molar-refractivity contribution < 1.29 is 14.3 Å². The third-order valence-corrected chi connectivity index (χ3v) is 4.08. The predicted octanol–water partition coefficient (Wildman–Crippen LogP) is 4.11. The second kappa shape index (κ2) is 8.74. The van der Waals surface area contributed by atoms with E-state index in [4.69, 9.17) is 9.47 Å². The van der Waals surface area contributed by atoms with E-state index in [1.807, 2.05) is 0 Å². The summed E-state index contributed by atoms with van der Waals surface area (Å²) in [4.78, 5) is 16.1. The summed E-state index contributed by atoms with van der Waals surface area (Å²) in [6.07, 6.45) is 5.08. The minimum Gasteiger partial charge on any atom is -0.497 e. The van der Waals surface area contributed by atoms with Gasteiger partial charge in [-0.2, -0.15) is 0 Å². The van der Waals surface area contributed by atoms with Crippen LogP contribution in [-0.4, -0.2) is 32.9 Å². The summed E-state index contributed by atoms with van der Waals surface area (Å²) in [5, 5.41) is 13.7. The van der Waals surface area contributed by atoms with Gasteiger partial charge < -0.3 is 20.1 Å². The quantitative estimate of drug-likeness (QED) is 0.503. The topological polar surface area (TPSA) is 103 Å². The number of anilines is 2. The number of nitrogens with one attached hydrogen (secondary N) is 2. The van der Waals surface area contributed by atoms with Gasteiger partial charge in [0.05, 0.1) is 7.11 Å². The van der Waals surface area contributed by atoms with Crippen molar-refractivity contribution in [2.45, 2.75) is 0 Å². The number of imidazole rings is 1. The van der Waals surface area contributed by atoms with E-state index in [-0.39, 0.29) is 6.03 Å². The van der Waals surface area contributed by atoms with Crippen LogP contribution in [-0.2, 0) is 0 Å². The van der Waals surface area contributed by atoms with Crippen LogP contribution in [0.5, 0.6) is 17.4 Å². The molecule has 9 nitrogen and oxygen atoms in total. The second-order valence-corrected chi connectivity index (χ2v) is 6.13. The molecule has 2 amide bonds. The number of carbonyl (C=O) groups excluding carboxylic acids is 1. The summed E-state index contributed by atoms with van der Waals surface area (Å²) >= 11 is 0. The van der Waals surface area contributed by atoms with E-state index in [1.54, 1.807) is 91.1 Å². The Labute approximate surface area is 172 Å². The van der Waals surface area contributed by atoms with Crippen molar-refractivity contribution in [3.8, 4) is 23.2 Å². The van der Waals surface area contributed by atoms with Crippen LogP contribution in [0.3, 0.4) is 0 Å². The number of hydrogen-bond acceptors (Lipinski definition) is 6. The fourth-order valence-corrected chi connectivity index (χ4v) is 2.59. The molecular weight excluding hydrogens is 384 g/mol. The zero-order valence-corrected chi connectivity index (χ0v) is 16.0. The Morgan fingerprint density at radius 1 is 0.867 bits per heavy atom. The fourth-order valence-electron chi connectivity index (χ4n) is 2.59. The van der Waals surface area contributed by atoms with E-state index in [0.717, 1.165) is 5.75 Å². The van der Waals surface area contributed by atoms with Crippen LogP contribution in [0.4, 0.5) is 16.2 Å². The van der Waals surface area contributed by atoms with Crippen molar-refractivity contribution in [2.75, 3.05) is 17.7 Å². The highest BCUT2D eigenvalue weighted by molar-refractivity contribution is 5.99. The van der Waals surface area contributed by atoms with Gasteiger partial charge in [-0.05, 0) is 54.6 Å². The van der Waals surface area contributed by atoms with Crippen LogP contribution in [0.25, 0.3) is 5.82 Å². The van der Waals surface area contributed by atoms with Gasteiger partial charge in [0.15, 0.2) is 5.82 Å². The summed E-state index contributed by atoms with van der Waals surface area (Å²) in [7, 11) is 1.59. The van der Waals surface area contributed by atoms with E-state index in [2.05, 4.69) is 25.8 Å². The number of hydrogen-bond donors (Lipinski definition) is 2. The van der Waals surface area contributed by atoms with Gasteiger partial charge in [0.25, 0.3) is 0 Å². The van der Waals surface area contributed by atoms with Crippen molar-refractivity contribution in [2.24, 2.45) is 0 Å². The van der Waals surface area contributed by atoms with Crippen molar-refractivity contribution in [1.82, 2.24) is 19.7 Å². The minimum absolute atomic E-state index is 0.352. The molecule has 150 valence electrons. The highest BCUT2D eigenvalue weighted by Crippen LogP contribution is 2.22. The van der Waals surface area contributed by atoms with Gasteiger partial charge in [0.2, 0.25) is 5.88 Å². The van der Waals surface area contributed by atoms with Crippen LogP contribution < -0.4 is 20.1 Å². The molecule has 0 saturated carbocycles. The Morgan fingerprint density at radius 2 is 1.53 bits per heavy atom. The average Bonchev–Trinajstić information content (AvgIpc) is 3.31. The molecule has 0 aliphatic heterocycles. The molecule has 9 heteroatoms. The zero-order chi connectivity index (χ0) is 20.8. The van der Waals surface area contributed by atoms with E-state index in [9.17, 15) is 4.79 Å². The molecule has 0 aliphatic rings. The minimum atomic E-state index is -0.352. The number of nitrogens with zero attached hydrogens (tertiary/aromatic N) is 4. The molecule has 0 radical (unpaired) electrons. The third kappa shape index (κ3) is 4.71. The molecular formula is C21H18N6O3. The van der Waals surface area contributed by atoms with Gasteiger partial charge in [-0.1, -0.05) is 0 Å². The number of amides is 2. The zero-order valence-electron chi connectivity index (χ0n) is 16.0. The van der Waals surface area contributed by atoms with E-state index >= 15 is 0 Å². The molecule has 4 aromatic rings.